The Labute approximate surface area is 105 Å². The minimum atomic E-state index is -0.598. The van der Waals surface area contributed by atoms with Crippen LogP contribution >= 0.6 is 0 Å². The highest BCUT2D eigenvalue weighted by molar-refractivity contribution is 5.87. The molecule has 0 aliphatic carbocycles. The lowest BCUT2D eigenvalue weighted by Gasteiger charge is -2.20. The SMILES string of the molecule is CC(=O)NC(C(=O)NNc1ncccn1)C(C)C. The molecule has 0 radical (unpaired) electrons. The third-order valence-corrected chi connectivity index (χ3v) is 2.17. The Balaban J connectivity index is 2.54. The summed E-state index contributed by atoms with van der Waals surface area (Å²) < 4.78 is 0. The zero-order valence-corrected chi connectivity index (χ0v) is 10.6. The molecule has 0 saturated carbocycles. The van der Waals surface area contributed by atoms with Crippen LogP contribution in [0.3, 0.4) is 0 Å². The molecule has 7 nitrogen and oxygen atoms in total. The molecule has 0 spiro atoms. The number of hydrogen-bond acceptors (Lipinski definition) is 5. The van der Waals surface area contributed by atoms with Crippen LogP contribution in [0.4, 0.5) is 5.95 Å². The van der Waals surface area contributed by atoms with Crippen molar-refractivity contribution in [3.63, 3.8) is 0 Å². The number of amides is 2. The molecule has 2 amide bonds. The Hall–Kier alpha value is -2.18. The lowest BCUT2D eigenvalue weighted by Crippen LogP contribution is -2.50. The van der Waals surface area contributed by atoms with Crippen molar-refractivity contribution in [2.75, 3.05) is 5.43 Å². The van der Waals surface area contributed by atoms with Gasteiger partial charge in [-0.05, 0) is 12.0 Å². The van der Waals surface area contributed by atoms with E-state index >= 15 is 0 Å². The first-order valence-corrected chi connectivity index (χ1v) is 5.60. The van der Waals surface area contributed by atoms with Crippen molar-refractivity contribution in [2.45, 2.75) is 26.8 Å². The highest BCUT2D eigenvalue weighted by atomic mass is 16.2. The van der Waals surface area contributed by atoms with E-state index in [-0.39, 0.29) is 23.7 Å². The van der Waals surface area contributed by atoms with E-state index in [2.05, 4.69) is 26.1 Å². The summed E-state index contributed by atoms with van der Waals surface area (Å²) >= 11 is 0. The molecule has 98 valence electrons. The summed E-state index contributed by atoms with van der Waals surface area (Å²) in [5.74, 6) is -0.323. The summed E-state index contributed by atoms with van der Waals surface area (Å²) in [6.45, 7) is 5.06. The van der Waals surface area contributed by atoms with Crippen LogP contribution in [0.1, 0.15) is 20.8 Å². The van der Waals surface area contributed by atoms with Crippen molar-refractivity contribution >= 4 is 17.8 Å². The first kappa shape index (κ1) is 13.9. The van der Waals surface area contributed by atoms with Gasteiger partial charge in [0.05, 0.1) is 0 Å². The molecular weight excluding hydrogens is 234 g/mol. The zero-order chi connectivity index (χ0) is 13.5. The number of carbonyl (C=O) groups is 2. The van der Waals surface area contributed by atoms with E-state index in [4.69, 9.17) is 0 Å². The van der Waals surface area contributed by atoms with Gasteiger partial charge in [0.1, 0.15) is 6.04 Å². The molecule has 1 heterocycles. The van der Waals surface area contributed by atoms with Crippen molar-refractivity contribution in [2.24, 2.45) is 5.92 Å². The predicted octanol–water partition coefficient (Wildman–Crippen LogP) is 0.0804. The smallest absolute Gasteiger partial charge is 0.261 e. The van der Waals surface area contributed by atoms with Crippen LogP contribution < -0.4 is 16.2 Å². The second kappa shape index (κ2) is 6.53. The van der Waals surface area contributed by atoms with Crippen LogP contribution in [0.5, 0.6) is 0 Å². The normalized spacial score (nSPS) is 11.8. The highest BCUT2D eigenvalue weighted by Crippen LogP contribution is 2.02. The van der Waals surface area contributed by atoms with E-state index in [0.29, 0.717) is 0 Å². The molecule has 0 saturated heterocycles. The van der Waals surface area contributed by atoms with E-state index in [1.165, 1.54) is 6.92 Å². The van der Waals surface area contributed by atoms with Crippen molar-refractivity contribution in [1.29, 1.82) is 0 Å². The van der Waals surface area contributed by atoms with Crippen LogP contribution in [0, 0.1) is 5.92 Å². The maximum Gasteiger partial charge on any atom is 0.261 e. The Kier molecular flexibility index (Phi) is 5.04. The molecule has 3 N–H and O–H groups in total. The van der Waals surface area contributed by atoms with Crippen LogP contribution in [-0.2, 0) is 9.59 Å². The van der Waals surface area contributed by atoms with Crippen molar-refractivity contribution in [3.05, 3.63) is 18.5 Å². The second-order valence-electron chi connectivity index (χ2n) is 4.11. The van der Waals surface area contributed by atoms with Crippen molar-refractivity contribution in [3.8, 4) is 0 Å². The van der Waals surface area contributed by atoms with Gasteiger partial charge in [-0.25, -0.2) is 9.97 Å². The maximum absolute atomic E-state index is 11.8. The summed E-state index contributed by atoms with van der Waals surface area (Å²) in [6.07, 6.45) is 3.10. The monoisotopic (exact) mass is 251 g/mol. The third kappa shape index (κ3) is 4.36. The number of anilines is 1. The number of hydrogen-bond donors (Lipinski definition) is 3. The van der Waals surface area contributed by atoms with Gasteiger partial charge < -0.3 is 5.32 Å². The first-order valence-electron chi connectivity index (χ1n) is 5.60. The molecule has 1 rings (SSSR count). The van der Waals surface area contributed by atoms with Gasteiger partial charge in [-0.3, -0.25) is 20.4 Å². The van der Waals surface area contributed by atoms with Crippen LogP contribution in [-0.4, -0.2) is 27.8 Å². The quantitative estimate of drug-likeness (QED) is 0.644. The van der Waals surface area contributed by atoms with Crippen molar-refractivity contribution < 1.29 is 9.59 Å². The number of aromatic nitrogens is 2. The van der Waals surface area contributed by atoms with E-state index < -0.39 is 6.04 Å². The van der Waals surface area contributed by atoms with Gasteiger partial charge >= 0.3 is 0 Å². The molecule has 1 unspecified atom stereocenters. The Bertz CT molecular complexity index is 407. The second-order valence-corrected chi connectivity index (χ2v) is 4.11. The standard InChI is InChI=1S/C11H17N5O2/c1-7(2)9(14-8(3)17)10(18)15-16-11-12-5-4-6-13-11/h4-7,9H,1-3H3,(H,14,17)(H,15,18)(H,12,13,16). The topological polar surface area (TPSA) is 96.0 Å². The average Bonchev–Trinajstić information content (AvgIpc) is 2.34. The van der Waals surface area contributed by atoms with Crippen LogP contribution in [0.2, 0.25) is 0 Å². The number of nitrogens with one attached hydrogen (secondary N) is 3. The lowest BCUT2D eigenvalue weighted by molar-refractivity contribution is -0.128. The molecule has 18 heavy (non-hydrogen) atoms. The molecular formula is C11H17N5O2. The largest absolute Gasteiger partial charge is 0.344 e. The predicted molar refractivity (Wildman–Crippen MR) is 66.2 cm³/mol. The van der Waals surface area contributed by atoms with Gasteiger partial charge in [0.2, 0.25) is 11.9 Å². The number of carbonyl (C=O) groups excluding carboxylic acids is 2. The molecule has 1 aromatic rings. The van der Waals surface area contributed by atoms with E-state index in [9.17, 15) is 9.59 Å². The highest BCUT2D eigenvalue weighted by Gasteiger charge is 2.22. The Morgan fingerprint density at radius 3 is 2.33 bits per heavy atom. The third-order valence-electron chi connectivity index (χ3n) is 2.17. The minimum Gasteiger partial charge on any atom is -0.344 e. The summed E-state index contributed by atoms with van der Waals surface area (Å²) in [4.78, 5) is 30.6. The van der Waals surface area contributed by atoms with Crippen LogP contribution in [0.15, 0.2) is 18.5 Å². The fraction of sp³-hybridized carbons (Fsp3) is 0.455. The molecule has 1 aromatic heterocycles. The van der Waals surface area contributed by atoms with Crippen molar-refractivity contribution in [1.82, 2.24) is 20.7 Å². The van der Waals surface area contributed by atoms with Crippen LogP contribution in [0.25, 0.3) is 0 Å². The Morgan fingerprint density at radius 2 is 1.83 bits per heavy atom. The lowest BCUT2D eigenvalue weighted by atomic mass is 10.0. The fourth-order valence-corrected chi connectivity index (χ4v) is 1.31. The van der Waals surface area contributed by atoms with Gasteiger partial charge in [-0.2, -0.15) is 0 Å². The van der Waals surface area contributed by atoms with Gasteiger partial charge in [0, 0.05) is 19.3 Å². The fourth-order valence-electron chi connectivity index (χ4n) is 1.31. The zero-order valence-electron chi connectivity index (χ0n) is 10.6. The minimum absolute atomic E-state index is 0.0209. The Morgan fingerprint density at radius 1 is 1.22 bits per heavy atom. The maximum atomic E-state index is 11.8. The molecule has 0 aliphatic heterocycles. The molecule has 0 aliphatic rings. The molecule has 0 aromatic carbocycles. The molecule has 0 bridgehead atoms. The first-order chi connectivity index (χ1) is 8.50. The summed E-state index contributed by atoms with van der Waals surface area (Å²) in [5.41, 5.74) is 5.04. The number of rotatable bonds is 5. The van der Waals surface area contributed by atoms with Gasteiger partial charge in [0.15, 0.2) is 0 Å². The molecule has 1 atom stereocenters. The van der Waals surface area contributed by atoms with E-state index in [1.54, 1.807) is 18.5 Å². The number of nitrogens with zero attached hydrogens (tertiary/aromatic N) is 2. The summed E-state index contributed by atoms with van der Waals surface area (Å²) in [7, 11) is 0. The van der Waals surface area contributed by atoms with Gasteiger partial charge in [-0.1, -0.05) is 13.8 Å². The van der Waals surface area contributed by atoms with E-state index in [0.717, 1.165) is 0 Å². The summed E-state index contributed by atoms with van der Waals surface area (Å²) in [5, 5.41) is 2.58. The summed E-state index contributed by atoms with van der Waals surface area (Å²) in [6, 6.07) is 1.07. The average molecular weight is 251 g/mol. The van der Waals surface area contributed by atoms with Gasteiger partial charge in [-0.15, -0.1) is 0 Å². The molecule has 0 fully saturated rings. The van der Waals surface area contributed by atoms with E-state index in [1.807, 2.05) is 13.8 Å². The number of hydrazine groups is 1. The molecule has 7 heteroatoms. The van der Waals surface area contributed by atoms with Gasteiger partial charge in [0.25, 0.3) is 5.91 Å².